The van der Waals surface area contributed by atoms with Gasteiger partial charge in [0.15, 0.2) is 0 Å². The highest BCUT2D eigenvalue weighted by atomic mass is 35.5. The Hall–Kier alpha value is -0.540. The van der Waals surface area contributed by atoms with Crippen molar-refractivity contribution in [1.29, 1.82) is 0 Å². The Morgan fingerprint density at radius 1 is 1.53 bits per heavy atom. The Bertz CT molecular complexity index is 236. The summed E-state index contributed by atoms with van der Waals surface area (Å²) in [7, 11) is 0. The lowest BCUT2D eigenvalue weighted by Crippen LogP contribution is -2.26. The van der Waals surface area contributed by atoms with E-state index in [4.69, 9.17) is 11.6 Å². The van der Waals surface area contributed by atoms with Crippen LogP contribution in [0, 0.1) is 5.92 Å². The topological polar surface area (TPSA) is 29.9 Å². The second kappa shape index (κ2) is 7.71. The molecule has 0 radical (unpaired) electrons. The van der Waals surface area contributed by atoms with E-state index in [0.717, 1.165) is 31.9 Å². The molecule has 0 aliphatic heterocycles. The average Bonchev–Trinajstić information content (AvgIpc) is 2.75. The molecule has 1 unspecified atom stereocenters. The van der Waals surface area contributed by atoms with Gasteiger partial charge in [0, 0.05) is 24.8 Å². The van der Waals surface area contributed by atoms with E-state index in [9.17, 15) is 0 Å². The van der Waals surface area contributed by atoms with Crippen molar-refractivity contribution in [3.05, 3.63) is 18.5 Å². The summed E-state index contributed by atoms with van der Waals surface area (Å²) in [6.07, 6.45) is 6.09. The number of nitrogens with one attached hydrogen (secondary N) is 1. The maximum atomic E-state index is 5.73. The third-order valence-corrected chi connectivity index (χ3v) is 2.82. The maximum absolute atomic E-state index is 5.73. The van der Waals surface area contributed by atoms with Crippen LogP contribution in [0.25, 0.3) is 0 Å². The van der Waals surface area contributed by atoms with Gasteiger partial charge in [0.2, 0.25) is 0 Å². The van der Waals surface area contributed by atoms with Gasteiger partial charge in [0.1, 0.15) is 0 Å². The molecule has 1 atom stereocenters. The molecule has 15 heavy (non-hydrogen) atoms. The fraction of sp³-hybridized carbons (Fsp3) is 0.727. The van der Waals surface area contributed by atoms with E-state index in [1.54, 1.807) is 0 Å². The predicted molar refractivity (Wildman–Crippen MR) is 64.2 cm³/mol. The van der Waals surface area contributed by atoms with Crippen LogP contribution in [0.15, 0.2) is 18.5 Å². The summed E-state index contributed by atoms with van der Waals surface area (Å²) < 4.78 is 1.94. The van der Waals surface area contributed by atoms with Gasteiger partial charge in [0.05, 0.1) is 6.54 Å². The lowest BCUT2D eigenvalue weighted by molar-refractivity contribution is 0.438. The maximum Gasteiger partial charge on any atom is 0.0533 e. The van der Waals surface area contributed by atoms with E-state index < -0.39 is 0 Å². The van der Waals surface area contributed by atoms with Crippen LogP contribution < -0.4 is 5.32 Å². The summed E-state index contributed by atoms with van der Waals surface area (Å²) >= 11 is 5.73. The molecule has 0 spiro atoms. The van der Waals surface area contributed by atoms with Crippen LogP contribution in [-0.2, 0) is 6.54 Å². The summed E-state index contributed by atoms with van der Waals surface area (Å²) in [6, 6.07) is 1.95. The number of rotatable bonds is 8. The SMILES string of the molecule is CCC(CCCl)CNCCn1cccn1. The standard InChI is InChI=1S/C11H20ClN3/c1-2-11(4-5-12)10-13-7-9-15-8-3-6-14-15/h3,6,8,11,13H,2,4-5,7,9-10H2,1H3. The lowest BCUT2D eigenvalue weighted by Gasteiger charge is -2.13. The zero-order valence-corrected chi connectivity index (χ0v) is 10.1. The largest absolute Gasteiger partial charge is 0.315 e. The van der Waals surface area contributed by atoms with E-state index >= 15 is 0 Å². The Balaban J connectivity index is 2.05. The summed E-state index contributed by atoms with van der Waals surface area (Å²) in [5.41, 5.74) is 0. The average molecular weight is 230 g/mol. The van der Waals surface area contributed by atoms with Crippen LogP contribution in [0.3, 0.4) is 0 Å². The number of hydrogen-bond donors (Lipinski definition) is 1. The summed E-state index contributed by atoms with van der Waals surface area (Å²) in [4.78, 5) is 0. The number of alkyl halides is 1. The van der Waals surface area contributed by atoms with E-state index in [1.165, 1.54) is 6.42 Å². The number of aromatic nitrogens is 2. The molecule has 1 rings (SSSR count). The van der Waals surface area contributed by atoms with Crippen molar-refractivity contribution >= 4 is 11.6 Å². The highest BCUT2D eigenvalue weighted by Crippen LogP contribution is 2.07. The van der Waals surface area contributed by atoms with Crippen molar-refractivity contribution in [2.45, 2.75) is 26.3 Å². The molecule has 1 heterocycles. The summed E-state index contributed by atoms with van der Waals surface area (Å²) in [5, 5.41) is 7.58. The molecule has 1 N–H and O–H groups in total. The molecule has 0 saturated heterocycles. The van der Waals surface area contributed by atoms with Crippen molar-refractivity contribution < 1.29 is 0 Å². The second-order valence-corrected chi connectivity index (χ2v) is 4.10. The van der Waals surface area contributed by atoms with Crippen LogP contribution in [0.4, 0.5) is 0 Å². The molecular formula is C11H20ClN3. The van der Waals surface area contributed by atoms with Crippen LogP contribution in [0.1, 0.15) is 19.8 Å². The Kier molecular flexibility index (Phi) is 6.44. The molecule has 1 aromatic rings. The van der Waals surface area contributed by atoms with Crippen molar-refractivity contribution in [2.24, 2.45) is 5.92 Å². The normalized spacial score (nSPS) is 12.9. The van der Waals surface area contributed by atoms with Gasteiger partial charge in [0.25, 0.3) is 0 Å². The van der Waals surface area contributed by atoms with E-state index in [0.29, 0.717) is 5.92 Å². The van der Waals surface area contributed by atoms with Gasteiger partial charge < -0.3 is 5.32 Å². The molecule has 86 valence electrons. The molecule has 4 heteroatoms. The van der Waals surface area contributed by atoms with Gasteiger partial charge in [-0.3, -0.25) is 4.68 Å². The van der Waals surface area contributed by atoms with Gasteiger partial charge in [-0.25, -0.2) is 0 Å². The monoisotopic (exact) mass is 229 g/mol. The molecule has 0 fully saturated rings. The first kappa shape index (κ1) is 12.5. The Labute approximate surface area is 96.8 Å². The second-order valence-electron chi connectivity index (χ2n) is 3.73. The zero-order valence-electron chi connectivity index (χ0n) is 9.32. The zero-order chi connectivity index (χ0) is 10.9. The minimum Gasteiger partial charge on any atom is -0.315 e. The van der Waals surface area contributed by atoms with Gasteiger partial charge >= 0.3 is 0 Å². The third kappa shape index (κ3) is 5.19. The number of nitrogens with zero attached hydrogens (tertiary/aromatic N) is 2. The smallest absolute Gasteiger partial charge is 0.0533 e. The molecule has 0 amide bonds. The first-order chi connectivity index (χ1) is 7.36. The minimum absolute atomic E-state index is 0.708. The fourth-order valence-electron chi connectivity index (χ4n) is 1.54. The molecule has 0 aromatic carbocycles. The first-order valence-electron chi connectivity index (χ1n) is 5.61. The van der Waals surface area contributed by atoms with Crippen molar-refractivity contribution in [1.82, 2.24) is 15.1 Å². The van der Waals surface area contributed by atoms with E-state index in [2.05, 4.69) is 17.3 Å². The van der Waals surface area contributed by atoms with Gasteiger partial charge in [-0.15, -0.1) is 11.6 Å². The third-order valence-electron chi connectivity index (χ3n) is 2.60. The van der Waals surface area contributed by atoms with Gasteiger partial charge in [-0.2, -0.15) is 5.10 Å². The van der Waals surface area contributed by atoms with E-state index in [1.807, 2.05) is 23.1 Å². The molecule has 0 bridgehead atoms. The predicted octanol–water partition coefficient (Wildman–Crippen LogP) is 2.13. The number of halogens is 1. The van der Waals surface area contributed by atoms with Crippen LogP contribution >= 0.6 is 11.6 Å². The number of hydrogen-bond acceptors (Lipinski definition) is 2. The Morgan fingerprint density at radius 3 is 3.00 bits per heavy atom. The minimum atomic E-state index is 0.708. The van der Waals surface area contributed by atoms with Crippen molar-refractivity contribution in [3.63, 3.8) is 0 Å². The highest BCUT2D eigenvalue weighted by molar-refractivity contribution is 6.17. The molecule has 0 aliphatic carbocycles. The Morgan fingerprint density at radius 2 is 2.40 bits per heavy atom. The first-order valence-corrected chi connectivity index (χ1v) is 6.14. The molecule has 0 saturated carbocycles. The van der Waals surface area contributed by atoms with Crippen molar-refractivity contribution in [2.75, 3.05) is 19.0 Å². The summed E-state index contributed by atoms with van der Waals surface area (Å²) in [5.74, 6) is 1.47. The fourth-order valence-corrected chi connectivity index (χ4v) is 1.85. The van der Waals surface area contributed by atoms with Crippen LogP contribution in [-0.4, -0.2) is 28.8 Å². The van der Waals surface area contributed by atoms with E-state index in [-0.39, 0.29) is 0 Å². The quantitative estimate of drug-likeness (QED) is 0.547. The van der Waals surface area contributed by atoms with Gasteiger partial charge in [-0.1, -0.05) is 13.3 Å². The van der Waals surface area contributed by atoms with Gasteiger partial charge in [-0.05, 0) is 24.9 Å². The molecular weight excluding hydrogens is 210 g/mol. The molecule has 0 aliphatic rings. The molecule has 3 nitrogen and oxygen atoms in total. The van der Waals surface area contributed by atoms with Crippen molar-refractivity contribution in [3.8, 4) is 0 Å². The lowest BCUT2D eigenvalue weighted by atomic mass is 10.0. The molecule has 1 aromatic heterocycles. The van der Waals surface area contributed by atoms with Crippen LogP contribution in [0.5, 0.6) is 0 Å². The summed E-state index contributed by atoms with van der Waals surface area (Å²) in [6.45, 7) is 5.18. The highest BCUT2D eigenvalue weighted by Gasteiger charge is 2.04. The van der Waals surface area contributed by atoms with Crippen LogP contribution in [0.2, 0.25) is 0 Å².